The third-order valence-electron chi connectivity index (χ3n) is 2.79. The van der Waals surface area contributed by atoms with Gasteiger partial charge >= 0.3 is 0 Å². The Hall–Kier alpha value is -1.87. The van der Waals surface area contributed by atoms with Gasteiger partial charge in [0.15, 0.2) is 0 Å². The average Bonchev–Trinajstić information content (AvgIpc) is 2.92. The molecule has 0 aromatic carbocycles. The van der Waals surface area contributed by atoms with Gasteiger partial charge in [0, 0.05) is 25.5 Å². The van der Waals surface area contributed by atoms with Crippen molar-refractivity contribution in [2.75, 3.05) is 13.1 Å². The molecule has 2 rings (SSSR count). The van der Waals surface area contributed by atoms with Crippen LogP contribution in [0.1, 0.15) is 18.2 Å². The van der Waals surface area contributed by atoms with E-state index >= 15 is 0 Å². The standard InChI is InChI=1S/C15H18N2O/c1-2-17(13-14-7-9-16-10-8-14)11-3-5-15-6-4-12-18-15/h3-10,12H,2,11,13H2,1H3/b5-3+. The molecule has 3 heteroatoms. The zero-order valence-corrected chi connectivity index (χ0v) is 10.6. The van der Waals surface area contributed by atoms with Crippen LogP contribution in [0, 0.1) is 0 Å². The molecule has 0 amide bonds. The highest BCUT2D eigenvalue weighted by atomic mass is 16.3. The fourth-order valence-corrected chi connectivity index (χ4v) is 1.76. The normalized spacial score (nSPS) is 11.4. The number of likely N-dealkylation sites (N-methyl/N-ethyl adjacent to an activating group) is 1. The molecule has 3 nitrogen and oxygen atoms in total. The molecule has 0 aliphatic heterocycles. The molecule has 18 heavy (non-hydrogen) atoms. The van der Waals surface area contributed by atoms with E-state index in [9.17, 15) is 0 Å². The lowest BCUT2D eigenvalue weighted by molar-refractivity contribution is 0.311. The first kappa shape index (κ1) is 12.6. The van der Waals surface area contributed by atoms with E-state index in [1.807, 2.05) is 30.6 Å². The average molecular weight is 242 g/mol. The third-order valence-corrected chi connectivity index (χ3v) is 2.79. The number of aromatic nitrogens is 1. The van der Waals surface area contributed by atoms with Crippen LogP contribution in [0.5, 0.6) is 0 Å². The molecule has 2 aromatic heterocycles. The van der Waals surface area contributed by atoms with Crippen LogP contribution >= 0.6 is 0 Å². The minimum Gasteiger partial charge on any atom is -0.465 e. The first-order chi connectivity index (χ1) is 8.88. The molecule has 0 aliphatic carbocycles. The van der Waals surface area contributed by atoms with Gasteiger partial charge in [-0.05, 0) is 42.4 Å². The van der Waals surface area contributed by atoms with Crippen LogP contribution in [0.2, 0.25) is 0 Å². The van der Waals surface area contributed by atoms with Gasteiger partial charge in [-0.2, -0.15) is 0 Å². The van der Waals surface area contributed by atoms with Crippen LogP contribution in [-0.4, -0.2) is 23.0 Å². The first-order valence-electron chi connectivity index (χ1n) is 6.20. The van der Waals surface area contributed by atoms with Crippen LogP contribution in [0.15, 0.2) is 53.4 Å². The van der Waals surface area contributed by atoms with Crippen LogP contribution in [0.4, 0.5) is 0 Å². The SMILES string of the molecule is CCN(C/C=C/c1ccco1)Cc1ccncc1. The lowest BCUT2D eigenvalue weighted by atomic mass is 10.2. The van der Waals surface area contributed by atoms with Gasteiger partial charge in [0.25, 0.3) is 0 Å². The molecule has 2 aromatic rings. The molecule has 0 unspecified atom stereocenters. The summed E-state index contributed by atoms with van der Waals surface area (Å²) in [7, 11) is 0. The smallest absolute Gasteiger partial charge is 0.126 e. The maximum atomic E-state index is 5.25. The predicted octanol–water partition coefficient (Wildman–Crippen LogP) is 3.21. The fourth-order valence-electron chi connectivity index (χ4n) is 1.76. The van der Waals surface area contributed by atoms with E-state index < -0.39 is 0 Å². The Labute approximate surface area is 108 Å². The fraction of sp³-hybridized carbons (Fsp3) is 0.267. The van der Waals surface area contributed by atoms with Crippen molar-refractivity contribution in [3.63, 3.8) is 0 Å². The van der Waals surface area contributed by atoms with Crippen molar-refractivity contribution in [1.29, 1.82) is 0 Å². The van der Waals surface area contributed by atoms with Crippen LogP contribution in [0.3, 0.4) is 0 Å². The van der Waals surface area contributed by atoms with Crippen molar-refractivity contribution < 1.29 is 4.42 Å². The van der Waals surface area contributed by atoms with Crippen molar-refractivity contribution in [3.05, 3.63) is 60.3 Å². The summed E-state index contributed by atoms with van der Waals surface area (Å²) in [6, 6.07) is 7.96. The van der Waals surface area contributed by atoms with E-state index in [1.165, 1.54) is 5.56 Å². The highest BCUT2D eigenvalue weighted by molar-refractivity contribution is 5.42. The molecular formula is C15H18N2O. The van der Waals surface area contributed by atoms with Crippen LogP contribution in [0.25, 0.3) is 6.08 Å². The van der Waals surface area contributed by atoms with Crippen LogP contribution < -0.4 is 0 Å². The summed E-state index contributed by atoms with van der Waals surface area (Å²) in [6.07, 6.45) is 9.50. The van der Waals surface area contributed by atoms with Crippen LogP contribution in [-0.2, 0) is 6.54 Å². The second-order valence-electron chi connectivity index (χ2n) is 4.10. The Morgan fingerprint density at radius 1 is 1.28 bits per heavy atom. The third kappa shape index (κ3) is 3.86. The van der Waals surface area contributed by atoms with Gasteiger partial charge in [-0.1, -0.05) is 13.0 Å². The molecule has 0 saturated heterocycles. The summed E-state index contributed by atoms with van der Waals surface area (Å²) in [6.45, 7) is 5.05. The number of hydrogen-bond acceptors (Lipinski definition) is 3. The Balaban J connectivity index is 1.86. The van der Waals surface area contributed by atoms with E-state index in [2.05, 4.69) is 35.0 Å². The van der Waals surface area contributed by atoms with E-state index in [-0.39, 0.29) is 0 Å². The van der Waals surface area contributed by atoms with Gasteiger partial charge in [0.2, 0.25) is 0 Å². The number of furan rings is 1. The monoisotopic (exact) mass is 242 g/mol. The topological polar surface area (TPSA) is 29.3 Å². The maximum absolute atomic E-state index is 5.25. The summed E-state index contributed by atoms with van der Waals surface area (Å²) >= 11 is 0. The maximum Gasteiger partial charge on any atom is 0.126 e. The summed E-state index contributed by atoms with van der Waals surface area (Å²) in [5.74, 6) is 0.898. The molecule has 0 N–H and O–H groups in total. The summed E-state index contributed by atoms with van der Waals surface area (Å²) in [5.41, 5.74) is 1.29. The highest BCUT2D eigenvalue weighted by Crippen LogP contribution is 2.05. The molecule has 0 spiro atoms. The Kier molecular flexibility index (Phi) is 4.73. The van der Waals surface area contributed by atoms with Gasteiger partial charge < -0.3 is 4.42 Å². The minimum absolute atomic E-state index is 0.898. The number of pyridine rings is 1. The van der Waals surface area contributed by atoms with Gasteiger partial charge in [-0.15, -0.1) is 0 Å². The molecule has 0 saturated carbocycles. The number of hydrogen-bond donors (Lipinski definition) is 0. The Morgan fingerprint density at radius 2 is 2.11 bits per heavy atom. The van der Waals surface area contributed by atoms with E-state index in [4.69, 9.17) is 4.42 Å². The van der Waals surface area contributed by atoms with Gasteiger partial charge in [-0.3, -0.25) is 9.88 Å². The van der Waals surface area contributed by atoms with Crippen molar-refractivity contribution >= 4 is 6.08 Å². The molecular weight excluding hydrogens is 224 g/mol. The van der Waals surface area contributed by atoms with E-state index in [0.717, 1.165) is 25.4 Å². The molecule has 94 valence electrons. The van der Waals surface area contributed by atoms with Gasteiger partial charge in [-0.25, -0.2) is 0 Å². The minimum atomic E-state index is 0.898. The van der Waals surface area contributed by atoms with E-state index in [1.54, 1.807) is 6.26 Å². The molecule has 0 atom stereocenters. The van der Waals surface area contributed by atoms with Gasteiger partial charge in [0.05, 0.1) is 6.26 Å². The highest BCUT2D eigenvalue weighted by Gasteiger charge is 2.01. The number of rotatable bonds is 6. The largest absolute Gasteiger partial charge is 0.465 e. The molecule has 0 radical (unpaired) electrons. The van der Waals surface area contributed by atoms with Crippen molar-refractivity contribution in [2.24, 2.45) is 0 Å². The van der Waals surface area contributed by atoms with Crippen molar-refractivity contribution in [2.45, 2.75) is 13.5 Å². The second kappa shape index (κ2) is 6.77. The Morgan fingerprint density at radius 3 is 2.78 bits per heavy atom. The molecule has 0 aliphatic rings. The van der Waals surface area contributed by atoms with E-state index in [0.29, 0.717) is 0 Å². The summed E-state index contributed by atoms with van der Waals surface area (Å²) in [4.78, 5) is 6.39. The zero-order chi connectivity index (χ0) is 12.6. The predicted molar refractivity (Wildman–Crippen MR) is 72.9 cm³/mol. The lowest BCUT2D eigenvalue weighted by Gasteiger charge is -2.18. The quantitative estimate of drug-likeness (QED) is 0.779. The molecule has 2 heterocycles. The summed E-state index contributed by atoms with van der Waals surface area (Å²) < 4.78 is 5.25. The molecule has 0 bridgehead atoms. The van der Waals surface area contributed by atoms with Gasteiger partial charge in [0.1, 0.15) is 5.76 Å². The first-order valence-corrected chi connectivity index (χ1v) is 6.20. The second-order valence-corrected chi connectivity index (χ2v) is 4.10. The van der Waals surface area contributed by atoms with Crippen molar-refractivity contribution in [3.8, 4) is 0 Å². The zero-order valence-electron chi connectivity index (χ0n) is 10.6. The number of nitrogens with zero attached hydrogens (tertiary/aromatic N) is 2. The van der Waals surface area contributed by atoms with Crippen molar-refractivity contribution in [1.82, 2.24) is 9.88 Å². The summed E-state index contributed by atoms with van der Waals surface area (Å²) in [5, 5.41) is 0. The lowest BCUT2D eigenvalue weighted by Crippen LogP contribution is -2.22. The molecule has 0 fully saturated rings. The Bertz CT molecular complexity index is 463.